The first kappa shape index (κ1) is 16.8. The van der Waals surface area contributed by atoms with Crippen LogP contribution < -0.4 is 11.1 Å². The van der Waals surface area contributed by atoms with E-state index in [0.717, 1.165) is 19.5 Å². The Bertz CT molecular complexity index is 484. The second-order valence-corrected chi connectivity index (χ2v) is 6.21. The number of hydrogen-bond acceptors (Lipinski definition) is 2. The monoisotopic (exact) mass is 302 g/mol. The number of likely N-dealkylation sites (tertiary alicyclic amines) is 1. The maximum atomic E-state index is 5.89. The molecule has 1 atom stereocenters. The second-order valence-electron chi connectivity index (χ2n) is 6.21. The molecule has 0 saturated carbocycles. The van der Waals surface area contributed by atoms with Crippen LogP contribution in [0.2, 0.25) is 0 Å². The van der Waals surface area contributed by atoms with Gasteiger partial charge in [-0.15, -0.1) is 0 Å². The summed E-state index contributed by atoms with van der Waals surface area (Å²) in [5.41, 5.74) is 8.55. The molecular formula is C18H30N4. The van der Waals surface area contributed by atoms with Gasteiger partial charge in [-0.3, -0.25) is 4.90 Å². The summed E-state index contributed by atoms with van der Waals surface area (Å²) in [5.74, 6) is 0.544. The number of benzene rings is 1. The lowest BCUT2D eigenvalue weighted by Crippen LogP contribution is -2.37. The fourth-order valence-corrected chi connectivity index (χ4v) is 2.96. The zero-order valence-corrected chi connectivity index (χ0v) is 14.0. The molecule has 1 aliphatic rings. The highest BCUT2D eigenvalue weighted by atomic mass is 15.2. The highest BCUT2D eigenvalue weighted by Crippen LogP contribution is 2.21. The number of hydrogen-bond donors (Lipinski definition) is 2. The van der Waals surface area contributed by atoms with Crippen molar-refractivity contribution in [3.63, 3.8) is 0 Å². The summed E-state index contributed by atoms with van der Waals surface area (Å²) in [5, 5.41) is 3.13. The lowest BCUT2D eigenvalue weighted by atomic mass is 10.0. The van der Waals surface area contributed by atoms with Crippen LogP contribution in [0.25, 0.3) is 0 Å². The fraction of sp³-hybridized carbons (Fsp3) is 0.611. The van der Waals surface area contributed by atoms with Crippen molar-refractivity contribution in [1.29, 1.82) is 0 Å². The van der Waals surface area contributed by atoms with E-state index in [0.29, 0.717) is 18.5 Å². The number of nitrogens with one attached hydrogen (secondary N) is 1. The van der Waals surface area contributed by atoms with Crippen molar-refractivity contribution >= 4 is 5.96 Å². The molecule has 1 fully saturated rings. The molecule has 0 bridgehead atoms. The van der Waals surface area contributed by atoms with E-state index in [-0.39, 0.29) is 0 Å². The molecule has 1 aromatic carbocycles. The van der Waals surface area contributed by atoms with Crippen LogP contribution in [-0.4, -0.2) is 30.0 Å². The van der Waals surface area contributed by atoms with Crippen LogP contribution >= 0.6 is 0 Å². The lowest BCUT2D eigenvalue weighted by molar-refractivity contribution is 0.152. The van der Waals surface area contributed by atoms with Crippen LogP contribution in [0.5, 0.6) is 0 Å². The fourth-order valence-electron chi connectivity index (χ4n) is 2.96. The molecule has 3 N–H and O–H groups in total. The van der Waals surface area contributed by atoms with Crippen LogP contribution in [0.15, 0.2) is 29.3 Å². The van der Waals surface area contributed by atoms with Gasteiger partial charge in [0.05, 0.1) is 6.54 Å². The first-order chi connectivity index (χ1) is 10.7. The maximum Gasteiger partial charge on any atom is 0.188 e. The normalized spacial score (nSPS) is 20.1. The van der Waals surface area contributed by atoms with E-state index >= 15 is 0 Å². The summed E-state index contributed by atoms with van der Waals surface area (Å²) in [6.07, 6.45) is 5.05. The Morgan fingerprint density at radius 2 is 2.09 bits per heavy atom. The molecule has 0 aromatic heterocycles. The Labute approximate surface area is 134 Å². The molecule has 0 radical (unpaired) electrons. The number of nitrogens with two attached hydrogens (primary N) is 1. The average Bonchev–Trinajstić information content (AvgIpc) is 2.54. The molecule has 0 spiro atoms. The van der Waals surface area contributed by atoms with Gasteiger partial charge in [0.1, 0.15) is 0 Å². The molecule has 0 aliphatic carbocycles. The maximum absolute atomic E-state index is 5.89. The van der Waals surface area contributed by atoms with Crippen LogP contribution in [0.1, 0.15) is 50.7 Å². The quantitative estimate of drug-likeness (QED) is 0.627. The molecule has 0 amide bonds. The summed E-state index contributed by atoms with van der Waals surface area (Å²) < 4.78 is 0. The second kappa shape index (κ2) is 8.79. The Kier molecular flexibility index (Phi) is 6.72. The topological polar surface area (TPSA) is 53.6 Å². The van der Waals surface area contributed by atoms with Gasteiger partial charge in [-0.25, -0.2) is 4.99 Å². The zero-order valence-electron chi connectivity index (χ0n) is 14.0. The van der Waals surface area contributed by atoms with Gasteiger partial charge < -0.3 is 11.1 Å². The van der Waals surface area contributed by atoms with Crippen molar-refractivity contribution < 1.29 is 0 Å². The lowest BCUT2D eigenvalue weighted by Gasteiger charge is -2.33. The minimum Gasteiger partial charge on any atom is -0.370 e. The van der Waals surface area contributed by atoms with Gasteiger partial charge in [-0.1, -0.05) is 37.6 Å². The van der Waals surface area contributed by atoms with Crippen LogP contribution in [0.3, 0.4) is 0 Å². The molecule has 1 aromatic rings. The van der Waals surface area contributed by atoms with Crippen LogP contribution in [0, 0.1) is 0 Å². The van der Waals surface area contributed by atoms with Crippen molar-refractivity contribution in [2.45, 2.75) is 58.7 Å². The predicted octanol–water partition coefficient (Wildman–Crippen LogP) is 2.88. The van der Waals surface area contributed by atoms with Crippen molar-refractivity contribution in [3.05, 3.63) is 35.4 Å². The Morgan fingerprint density at radius 3 is 2.82 bits per heavy atom. The van der Waals surface area contributed by atoms with Crippen LogP contribution in [-0.2, 0) is 13.1 Å². The predicted molar refractivity (Wildman–Crippen MR) is 93.8 cm³/mol. The van der Waals surface area contributed by atoms with E-state index < -0.39 is 0 Å². The molecular weight excluding hydrogens is 272 g/mol. The van der Waals surface area contributed by atoms with E-state index in [1.807, 2.05) is 0 Å². The molecule has 1 aliphatic heterocycles. The number of aliphatic imine (C=N–C) groups is 1. The first-order valence-electron chi connectivity index (χ1n) is 8.55. The van der Waals surface area contributed by atoms with Gasteiger partial charge in [0.25, 0.3) is 0 Å². The smallest absolute Gasteiger partial charge is 0.188 e. The minimum atomic E-state index is 0.544. The van der Waals surface area contributed by atoms with Crippen molar-refractivity contribution in [1.82, 2.24) is 10.2 Å². The summed E-state index contributed by atoms with van der Waals surface area (Å²) in [4.78, 5) is 7.06. The summed E-state index contributed by atoms with van der Waals surface area (Å²) in [6.45, 7) is 8.22. The van der Waals surface area contributed by atoms with Gasteiger partial charge in [-0.2, -0.15) is 0 Å². The third kappa shape index (κ3) is 5.02. The zero-order chi connectivity index (χ0) is 15.8. The Hall–Kier alpha value is -1.55. The SMILES string of the molecule is CCCNC(N)=NCc1ccccc1CN1CCCCC1C. The average molecular weight is 302 g/mol. The van der Waals surface area contributed by atoms with Gasteiger partial charge in [0.2, 0.25) is 0 Å². The summed E-state index contributed by atoms with van der Waals surface area (Å²) >= 11 is 0. The molecule has 4 heteroatoms. The van der Waals surface area contributed by atoms with Crippen molar-refractivity contribution in [3.8, 4) is 0 Å². The van der Waals surface area contributed by atoms with Crippen LogP contribution in [0.4, 0.5) is 0 Å². The minimum absolute atomic E-state index is 0.544. The number of piperidine rings is 1. The van der Waals surface area contributed by atoms with E-state index in [2.05, 4.69) is 53.3 Å². The molecule has 22 heavy (non-hydrogen) atoms. The molecule has 2 rings (SSSR count). The van der Waals surface area contributed by atoms with Gasteiger partial charge >= 0.3 is 0 Å². The van der Waals surface area contributed by atoms with Gasteiger partial charge in [0, 0.05) is 19.1 Å². The Morgan fingerprint density at radius 1 is 1.32 bits per heavy atom. The first-order valence-corrected chi connectivity index (χ1v) is 8.55. The standard InChI is InChI=1S/C18H30N4/c1-3-11-20-18(19)21-13-16-9-4-5-10-17(16)14-22-12-7-6-8-15(22)2/h4-5,9-10,15H,3,6-8,11-14H2,1-2H3,(H3,19,20,21). The van der Waals surface area contributed by atoms with E-state index in [9.17, 15) is 0 Å². The molecule has 4 nitrogen and oxygen atoms in total. The third-order valence-corrected chi connectivity index (χ3v) is 4.41. The summed E-state index contributed by atoms with van der Waals surface area (Å²) in [6, 6.07) is 9.28. The van der Waals surface area contributed by atoms with Gasteiger partial charge in [-0.05, 0) is 43.9 Å². The number of nitrogens with zero attached hydrogens (tertiary/aromatic N) is 2. The van der Waals surface area contributed by atoms with E-state index in [1.165, 1.54) is 36.9 Å². The molecule has 1 saturated heterocycles. The summed E-state index contributed by atoms with van der Waals surface area (Å²) in [7, 11) is 0. The van der Waals surface area contributed by atoms with E-state index in [1.54, 1.807) is 0 Å². The van der Waals surface area contributed by atoms with Crippen molar-refractivity contribution in [2.75, 3.05) is 13.1 Å². The van der Waals surface area contributed by atoms with E-state index in [4.69, 9.17) is 5.73 Å². The van der Waals surface area contributed by atoms with Crippen molar-refractivity contribution in [2.24, 2.45) is 10.7 Å². The number of guanidine groups is 1. The molecule has 1 heterocycles. The largest absolute Gasteiger partial charge is 0.370 e. The molecule has 122 valence electrons. The molecule has 1 unspecified atom stereocenters. The highest BCUT2D eigenvalue weighted by molar-refractivity contribution is 5.77. The Balaban J connectivity index is 2.00. The highest BCUT2D eigenvalue weighted by Gasteiger charge is 2.18. The van der Waals surface area contributed by atoms with Gasteiger partial charge in [0.15, 0.2) is 5.96 Å². The number of rotatable bonds is 6. The third-order valence-electron chi connectivity index (χ3n) is 4.41.